The number of urea groups is 1. The largest absolute Gasteiger partial charge is 0.339 e. The molecule has 6 nitrogen and oxygen atoms in total. The lowest BCUT2D eigenvalue weighted by Gasteiger charge is -2.35. The number of aryl methyl sites for hydroxylation is 1. The zero-order valence-electron chi connectivity index (χ0n) is 15.2. The quantitative estimate of drug-likeness (QED) is 0.770. The number of amides is 2. The van der Waals surface area contributed by atoms with Crippen LogP contribution in [0.4, 0.5) is 20.8 Å². The van der Waals surface area contributed by atoms with Crippen LogP contribution in [0.25, 0.3) is 11.0 Å². The van der Waals surface area contributed by atoms with Crippen molar-refractivity contribution < 1.29 is 9.18 Å². The predicted molar refractivity (Wildman–Crippen MR) is 105 cm³/mol. The van der Waals surface area contributed by atoms with Gasteiger partial charge in [0.05, 0.1) is 16.7 Å². The number of anilines is 2. The maximum Gasteiger partial charge on any atom is 0.322 e. The topological polar surface area (TPSA) is 53.4 Å². The highest BCUT2D eigenvalue weighted by Gasteiger charge is 2.25. The molecule has 1 aliphatic rings. The molecule has 3 aromatic rings. The van der Waals surface area contributed by atoms with E-state index in [4.69, 9.17) is 4.98 Å². The van der Waals surface area contributed by atoms with Gasteiger partial charge in [0, 0.05) is 32.7 Å². The first-order valence-corrected chi connectivity index (χ1v) is 9.18. The summed E-state index contributed by atoms with van der Waals surface area (Å²) in [7, 11) is 0. The number of benzene rings is 2. The van der Waals surface area contributed by atoms with E-state index in [0.29, 0.717) is 26.2 Å². The lowest BCUT2D eigenvalue weighted by molar-refractivity contribution is 0.207. The molecule has 0 atom stereocenters. The van der Waals surface area contributed by atoms with Gasteiger partial charge in [-0.3, -0.25) is 0 Å². The molecule has 0 spiro atoms. The number of rotatable bonds is 3. The first kappa shape index (κ1) is 17.3. The Balaban J connectivity index is 1.45. The summed E-state index contributed by atoms with van der Waals surface area (Å²) < 4.78 is 15.9. The number of fused-ring (bicyclic) bond motifs is 1. The molecule has 1 N–H and O–H groups in total. The molecule has 2 amide bonds. The lowest BCUT2D eigenvalue weighted by Crippen LogP contribution is -2.50. The third-order valence-corrected chi connectivity index (χ3v) is 4.92. The molecule has 1 aliphatic heterocycles. The highest BCUT2D eigenvalue weighted by atomic mass is 19.1. The van der Waals surface area contributed by atoms with E-state index in [1.165, 1.54) is 6.07 Å². The van der Waals surface area contributed by atoms with E-state index in [-0.39, 0.29) is 11.7 Å². The van der Waals surface area contributed by atoms with E-state index in [9.17, 15) is 9.18 Å². The Hall–Kier alpha value is -3.09. The van der Waals surface area contributed by atoms with Crippen LogP contribution in [0.5, 0.6) is 0 Å². The summed E-state index contributed by atoms with van der Waals surface area (Å²) in [5, 5.41) is 2.65. The van der Waals surface area contributed by atoms with Crippen LogP contribution in [0.2, 0.25) is 0 Å². The summed E-state index contributed by atoms with van der Waals surface area (Å²) in [4.78, 5) is 21.1. The van der Waals surface area contributed by atoms with E-state index < -0.39 is 5.82 Å². The third-order valence-electron chi connectivity index (χ3n) is 4.92. The van der Waals surface area contributed by atoms with Crippen molar-refractivity contribution in [1.82, 2.24) is 14.5 Å². The first-order valence-electron chi connectivity index (χ1n) is 9.18. The molecule has 4 rings (SSSR count). The molecule has 7 heteroatoms. The van der Waals surface area contributed by atoms with E-state index >= 15 is 0 Å². The number of hydrogen-bond donors (Lipinski definition) is 1. The van der Waals surface area contributed by atoms with Crippen molar-refractivity contribution in [3.8, 4) is 0 Å². The van der Waals surface area contributed by atoms with Gasteiger partial charge in [-0.25, -0.2) is 14.2 Å². The molecule has 0 unspecified atom stereocenters. The number of hydrogen-bond acceptors (Lipinski definition) is 3. The number of piperazine rings is 1. The van der Waals surface area contributed by atoms with Crippen LogP contribution < -0.4 is 10.2 Å². The van der Waals surface area contributed by atoms with Crippen LogP contribution in [0, 0.1) is 5.82 Å². The monoisotopic (exact) mass is 367 g/mol. The van der Waals surface area contributed by atoms with Crippen LogP contribution in [0.15, 0.2) is 48.5 Å². The molecule has 1 fully saturated rings. The van der Waals surface area contributed by atoms with Gasteiger partial charge in [-0.15, -0.1) is 0 Å². The van der Waals surface area contributed by atoms with Crippen LogP contribution in [0.3, 0.4) is 0 Å². The summed E-state index contributed by atoms with van der Waals surface area (Å²) in [5.41, 5.74) is 2.31. The van der Waals surface area contributed by atoms with E-state index in [0.717, 1.165) is 23.5 Å². The van der Waals surface area contributed by atoms with Gasteiger partial charge in [-0.05, 0) is 31.2 Å². The van der Waals surface area contributed by atoms with Gasteiger partial charge < -0.3 is 19.7 Å². The molecule has 2 aromatic carbocycles. The minimum absolute atomic E-state index is 0.206. The molecule has 2 heterocycles. The molecule has 0 aliphatic carbocycles. The Morgan fingerprint density at radius 3 is 2.52 bits per heavy atom. The number of carbonyl (C=O) groups excluding carboxylic acids is 1. The van der Waals surface area contributed by atoms with E-state index in [1.807, 2.05) is 18.2 Å². The minimum Gasteiger partial charge on any atom is -0.339 e. The Labute approximate surface area is 157 Å². The van der Waals surface area contributed by atoms with Crippen LogP contribution >= 0.6 is 0 Å². The highest BCUT2D eigenvalue weighted by molar-refractivity contribution is 5.89. The fraction of sp³-hybridized carbons (Fsp3) is 0.300. The van der Waals surface area contributed by atoms with Crippen molar-refractivity contribution >= 4 is 28.7 Å². The SMILES string of the molecule is CCn1c(N2CCN(C(=O)Nc3ccccc3F)CC2)nc2ccccc21. The molecule has 140 valence electrons. The average molecular weight is 367 g/mol. The molecular formula is C20H22FN5O. The van der Waals surface area contributed by atoms with E-state index in [2.05, 4.69) is 27.8 Å². The number of imidazole rings is 1. The highest BCUT2D eigenvalue weighted by Crippen LogP contribution is 2.23. The Bertz CT molecular complexity index is 962. The van der Waals surface area contributed by atoms with E-state index in [1.54, 1.807) is 23.1 Å². The van der Waals surface area contributed by atoms with Crippen LogP contribution in [-0.4, -0.2) is 46.7 Å². The third kappa shape index (κ3) is 3.32. The fourth-order valence-corrected chi connectivity index (χ4v) is 3.48. The number of halogens is 1. The standard InChI is InChI=1S/C20H22FN5O/c1-2-26-18-10-6-5-9-17(18)22-19(26)24-11-13-25(14-12-24)20(27)23-16-8-4-3-7-15(16)21/h3-10H,2,11-14H2,1H3,(H,23,27). The summed E-state index contributed by atoms with van der Waals surface area (Å²) in [6.45, 7) is 5.45. The molecule has 27 heavy (non-hydrogen) atoms. The van der Waals surface area contributed by atoms with Gasteiger partial charge in [-0.2, -0.15) is 0 Å². The first-order chi connectivity index (χ1) is 13.2. The minimum atomic E-state index is -0.429. The second-order valence-corrected chi connectivity index (χ2v) is 6.53. The number of nitrogens with one attached hydrogen (secondary N) is 1. The molecular weight excluding hydrogens is 345 g/mol. The summed E-state index contributed by atoms with van der Waals surface area (Å²) >= 11 is 0. The van der Waals surface area contributed by atoms with Gasteiger partial charge in [-0.1, -0.05) is 24.3 Å². The Kier molecular flexibility index (Phi) is 4.66. The van der Waals surface area contributed by atoms with Crippen molar-refractivity contribution in [2.24, 2.45) is 0 Å². The number of nitrogens with zero attached hydrogens (tertiary/aromatic N) is 4. The normalized spacial score (nSPS) is 14.6. The maximum absolute atomic E-state index is 13.7. The van der Waals surface area contributed by atoms with Crippen molar-refractivity contribution in [2.75, 3.05) is 36.4 Å². The Morgan fingerprint density at radius 2 is 1.78 bits per heavy atom. The molecule has 0 bridgehead atoms. The molecule has 1 saturated heterocycles. The predicted octanol–water partition coefficient (Wildman–Crippen LogP) is 3.55. The molecule has 0 radical (unpaired) electrons. The van der Waals surface area contributed by atoms with Gasteiger partial charge in [0.15, 0.2) is 0 Å². The van der Waals surface area contributed by atoms with Gasteiger partial charge in [0.2, 0.25) is 5.95 Å². The summed E-state index contributed by atoms with van der Waals surface area (Å²) in [5.74, 6) is 0.508. The number of aromatic nitrogens is 2. The zero-order chi connectivity index (χ0) is 18.8. The zero-order valence-corrected chi connectivity index (χ0v) is 15.2. The smallest absolute Gasteiger partial charge is 0.322 e. The van der Waals surface area contributed by atoms with Gasteiger partial charge in [0.1, 0.15) is 5.82 Å². The number of carbonyl (C=O) groups is 1. The van der Waals surface area contributed by atoms with Crippen molar-refractivity contribution in [3.63, 3.8) is 0 Å². The van der Waals surface area contributed by atoms with Gasteiger partial charge >= 0.3 is 6.03 Å². The van der Waals surface area contributed by atoms with Crippen molar-refractivity contribution in [2.45, 2.75) is 13.5 Å². The average Bonchev–Trinajstić information content (AvgIpc) is 3.08. The van der Waals surface area contributed by atoms with Crippen molar-refractivity contribution in [1.29, 1.82) is 0 Å². The molecule has 0 saturated carbocycles. The lowest BCUT2D eigenvalue weighted by atomic mass is 10.3. The van der Waals surface area contributed by atoms with Crippen molar-refractivity contribution in [3.05, 3.63) is 54.3 Å². The summed E-state index contributed by atoms with van der Waals surface area (Å²) in [6, 6.07) is 14.0. The van der Waals surface area contributed by atoms with Gasteiger partial charge in [0.25, 0.3) is 0 Å². The van der Waals surface area contributed by atoms with Crippen LogP contribution in [0.1, 0.15) is 6.92 Å². The fourth-order valence-electron chi connectivity index (χ4n) is 3.48. The van der Waals surface area contributed by atoms with Crippen LogP contribution in [-0.2, 0) is 6.54 Å². The number of para-hydroxylation sites is 3. The Morgan fingerprint density at radius 1 is 1.07 bits per heavy atom. The summed E-state index contributed by atoms with van der Waals surface area (Å²) in [6.07, 6.45) is 0. The second kappa shape index (κ2) is 7.26. The second-order valence-electron chi connectivity index (χ2n) is 6.53. The molecule has 1 aromatic heterocycles. The maximum atomic E-state index is 13.7.